The van der Waals surface area contributed by atoms with Gasteiger partial charge in [-0.1, -0.05) is 30.3 Å². The number of amides is 1. The molecule has 126 valence electrons. The number of anilines is 2. The molecule has 0 unspecified atom stereocenters. The maximum Gasteiger partial charge on any atom is 0.243 e. The second-order valence-corrected chi connectivity index (χ2v) is 6.25. The van der Waals surface area contributed by atoms with Gasteiger partial charge in [0.25, 0.3) is 0 Å². The number of benzene rings is 3. The summed E-state index contributed by atoms with van der Waals surface area (Å²) in [6.07, 6.45) is 2.21. The zero-order valence-electron chi connectivity index (χ0n) is 14.1. The summed E-state index contributed by atoms with van der Waals surface area (Å²) in [5.74, 6) is 0.634. The smallest absolute Gasteiger partial charge is 0.243 e. The molecule has 1 amide bonds. The van der Waals surface area contributed by atoms with Crippen LogP contribution in [0.1, 0.15) is 11.1 Å². The first kappa shape index (κ1) is 15.5. The number of nitrogens with one attached hydrogen (secondary N) is 2. The van der Waals surface area contributed by atoms with Crippen LogP contribution in [0.5, 0.6) is 5.75 Å². The number of rotatable bonds is 5. The summed E-state index contributed by atoms with van der Waals surface area (Å²) in [6, 6.07) is 18.0. The maximum absolute atomic E-state index is 12.3. The van der Waals surface area contributed by atoms with Crippen LogP contribution in [-0.2, 0) is 17.6 Å². The molecule has 0 spiro atoms. The zero-order valence-corrected chi connectivity index (χ0v) is 14.1. The molecule has 0 atom stereocenters. The molecule has 0 saturated carbocycles. The third-order valence-corrected chi connectivity index (χ3v) is 4.67. The third-order valence-electron chi connectivity index (χ3n) is 4.67. The minimum Gasteiger partial charge on any atom is -0.497 e. The number of carbonyl (C=O) groups is 1. The summed E-state index contributed by atoms with van der Waals surface area (Å²) >= 11 is 0. The standard InChI is InChI=1S/C21H20N2O2/c1-25-17-6-3-5-16(12-17)23-20(24)13-22-19-11-10-15-9-8-14-4-2-7-18(19)21(14)15/h2-7,10-12,22H,8-9,13H2,1H3,(H,23,24). The topological polar surface area (TPSA) is 50.4 Å². The highest BCUT2D eigenvalue weighted by Gasteiger charge is 2.15. The van der Waals surface area contributed by atoms with Gasteiger partial charge >= 0.3 is 0 Å². The van der Waals surface area contributed by atoms with E-state index in [4.69, 9.17) is 4.74 Å². The Balaban J connectivity index is 1.48. The first-order valence-corrected chi connectivity index (χ1v) is 8.46. The van der Waals surface area contributed by atoms with Crippen LogP contribution in [0.15, 0.2) is 54.6 Å². The highest BCUT2D eigenvalue weighted by molar-refractivity contribution is 6.01. The second-order valence-electron chi connectivity index (χ2n) is 6.25. The minimum atomic E-state index is -0.0866. The van der Waals surface area contributed by atoms with Gasteiger partial charge in [-0.25, -0.2) is 0 Å². The fourth-order valence-electron chi connectivity index (χ4n) is 3.48. The van der Waals surface area contributed by atoms with Crippen molar-refractivity contribution in [1.29, 1.82) is 0 Å². The molecule has 4 heteroatoms. The monoisotopic (exact) mass is 332 g/mol. The van der Waals surface area contributed by atoms with E-state index in [0.717, 1.165) is 30.0 Å². The Morgan fingerprint density at radius 1 is 1.04 bits per heavy atom. The lowest BCUT2D eigenvalue weighted by Crippen LogP contribution is -2.21. The van der Waals surface area contributed by atoms with Gasteiger partial charge in [-0.3, -0.25) is 4.79 Å². The fraction of sp³-hybridized carbons (Fsp3) is 0.190. The highest BCUT2D eigenvalue weighted by atomic mass is 16.5. The number of methoxy groups -OCH3 is 1. The molecule has 3 aromatic rings. The number of hydrogen-bond donors (Lipinski definition) is 2. The van der Waals surface area contributed by atoms with Crippen LogP contribution in [0.3, 0.4) is 0 Å². The van der Waals surface area contributed by atoms with Crippen LogP contribution in [0.2, 0.25) is 0 Å². The van der Waals surface area contributed by atoms with Crippen molar-refractivity contribution in [2.24, 2.45) is 0 Å². The Bertz CT molecular complexity index is 940. The molecule has 0 bridgehead atoms. The van der Waals surface area contributed by atoms with E-state index in [-0.39, 0.29) is 12.5 Å². The Kier molecular flexibility index (Phi) is 4.02. The number of hydrogen-bond acceptors (Lipinski definition) is 3. The van der Waals surface area contributed by atoms with Crippen LogP contribution < -0.4 is 15.4 Å². The van der Waals surface area contributed by atoms with Crippen molar-refractivity contribution in [3.63, 3.8) is 0 Å². The van der Waals surface area contributed by atoms with Crippen molar-refractivity contribution in [1.82, 2.24) is 0 Å². The SMILES string of the molecule is COc1cccc(NC(=O)CNc2ccc3c4c(cccc24)CC3)c1. The molecule has 2 N–H and O–H groups in total. The van der Waals surface area contributed by atoms with Gasteiger partial charge in [0.05, 0.1) is 13.7 Å². The van der Waals surface area contributed by atoms with Gasteiger partial charge in [-0.15, -0.1) is 0 Å². The van der Waals surface area contributed by atoms with E-state index in [1.165, 1.54) is 21.9 Å². The highest BCUT2D eigenvalue weighted by Crippen LogP contribution is 2.34. The summed E-state index contributed by atoms with van der Waals surface area (Å²) in [6.45, 7) is 0.218. The molecule has 0 fully saturated rings. The molecule has 0 aliphatic heterocycles. The van der Waals surface area contributed by atoms with E-state index < -0.39 is 0 Å². The Morgan fingerprint density at radius 3 is 2.68 bits per heavy atom. The van der Waals surface area contributed by atoms with Crippen molar-refractivity contribution in [2.75, 3.05) is 24.3 Å². The molecular weight excluding hydrogens is 312 g/mol. The van der Waals surface area contributed by atoms with Crippen molar-refractivity contribution in [2.45, 2.75) is 12.8 Å². The van der Waals surface area contributed by atoms with E-state index >= 15 is 0 Å². The zero-order chi connectivity index (χ0) is 17.2. The molecule has 4 rings (SSSR count). The van der Waals surface area contributed by atoms with Gasteiger partial charge in [-0.2, -0.15) is 0 Å². The lowest BCUT2D eigenvalue weighted by atomic mass is 10.0. The van der Waals surface area contributed by atoms with Crippen LogP contribution in [0.25, 0.3) is 10.8 Å². The first-order chi connectivity index (χ1) is 12.2. The molecule has 0 saturated heterocycles. The average Bonchev–Trinajstić information content (AvgIpc) is 3.06. The van der Waals surface area contributed by atoms with Crippen LogP contribution in [-0.4, -0.2) is 19.6 Å². The van der Waals surface area contributed by atoms with Gasteiger partial charge in [0.15, 0.2) is 0 Å². The Hall–Kier alpha value is -3.01. The van der Waals surface area contributed by atoms with Gasteiger partial charge in [-0.05, 0) is 47.6 Å². The molecule has 25 heavy (non-hydrogen) atoms. The summed E-state index contributed by atoms with van der Waals surface area (Å²) in [5, 5.41) is 8.71. The summed E-state index contributed by atoms with van der Waals surface area (Å²) < 4.78 is 5.18. The predicted octanol–water partition coefficient (Wildman–Crippen LogP) is 4.00. The number of ether oxygens (including phenoxy) is 1. The van der Waals surface area contributed by atoms with Crippen LogP contribution >= 0.6 is 0 Å². The number of aryl methyl sites for hydroxylation is 2. The number of carbonyl (C=O) groups excluding carboxylic acids is 1. The summed E-state index contributed by atoms with van der Waals surface area (Å²) in [5.41, 5.74) is 4.53. The normalized spacial score (nSPS) is 12.2. The van der Waals surface area contributed by atoms with Gasteiger partial charge in [0.2, 0.25) is 5.91 Å². The first-order valence-electron chi connectivity index (χ1n) is 8.46. The molecular formula is C21H20N2O2. The minimum absolute atomic E-state index is 0.0866. The molecule has 0 heterocycles. The molecule has 3 aromatic carbocycles. The molecule has 0 radical (unpaired) electrons. The maximum atomic E-state index is 12.3. The Labute approximate surface area is 146 Å². The molecule has 0 aromatic heterocycles. The van der Waals surface area contributed by atoms with Crippen molar-refractivity contribution in [3.05, 3.63) is 65.7 Å². The van der Waals surface area contributed by atoms with Crippen LogP contribution in [0, 0.1) is 0 Å². The van der Waals surface area contributed by atoms with E-state index in [0.29, 0.717) is 0 Å². The molecule has 1 aliphatic rings. The quantitative estimate of drug-likeness (QED) is 0.742. The molecule has 1 aliphatic carbocycles. The van der Waals surface area contributed by atoms with Gasteiger partial charge < -0.3 is 15.4 Å². The fourth-order valence-corrected chi connectivity index (χ4v) is 3.48. The van der Waals surface area contributed by atoms with E-state index in [1.54, 1.807) is 13.2 Å². The van der Waals surface area contributed by atoms with E-state index in [1.807, 2.05) is 18.2 Å². The van der Waals surface area contributed by atoms with Gasteiger partial charge in [0, 0.05) is 22.8 Å². The van der Waals surface area contributed by atoms with Crippen molar-refractivity contribution in [3.8, 4) is 5.75 Å². The third kappa shape index (κ3) is 3.03. The largest absolute Gasteiger partial charge is 0.497 e. The predicted molar refractivity (Wildman–Crippen MR) is 101 cm³/mol. The lowest BCUT2D eigenvalue weighted by Gasteiger charge is -2.12. The Morgan fingerprint density at radius 2 is 1.84 bits per heavy atom. The van der Waals surface area contributed by atoms with E-state index in [2.05, 4.69) is 41.0 Å². The lowest BCUT2D eigenvalue weighted by molar-refractivity contribution is -0.114. The van der Waals surface area contributed by atoms with Crippen molar-refractivity contribution < 1.29 is 9.53 Å². The van der Waals surface area contributed by atoms with E-state index in [9.17, 15) is 4.79 Å². The average molecular weight is 332 g/mol. The summed E-state index contributed by atoms with van der Waals surface area (Å²) in [7, 11) is 1.61. The molecule has 4 nitrogen and oxygen atoms in total. The summed E-state index contributed by atoms with van der Waals surface area (Å²) in [4.78, 5) is 12.3. The van der Waals surface area contributed by atoms with Crippen molar-refractivity contribution >= 4 is 28.1 Å². The second kappa shape index (κ2) is 6.48. The van der Waals surface area contributed by atoms with Gasteiger partial charge in [0.1, 0.15) is 5.75 Å². The van der Waals surface area contributed by atoms with Crippen LogP contribution in [0.4, 0.5) is 11.4 Å².